The lowest BCUT2D eigenvalue weighted by molar-refractivity contribution is -0.120. The number of methoxy groups -OCH3 is 2. The third-order valence-corrected chi connectivity index (χ3v) is 6.67. The van der Waals surface area contributed by atoms with Gasteiger partial charge in [0.15, 0.2) is 5.78 Å². The number of Topliss-reactive ketones (excluding diaryl/α,β-unsaturated/α-hetero) is 1. The van der Waals surface area contributed by atoms with E-state index >= 15 is 0 Å². The Kier molecular flexibility index (Phi) is 6.65. The second-order valence-corrected chi connectivity index (χ2v) is 8.85. The van der Waals surface area contributed by atoms with E-state index in [0.717, 1.165) is 10.4 Å². The summed E-state index contributed by atoms with van der Waals surface area (Å²) in [4.78, 5) is 25.6. The molecule has 1 aliphatic rings. The third kappa shape index (κ3) is 5.01. The van der Waals surface area contributed by atoms with Gasteiger partial charge in [-0.25, -0.2) is 4.39 Å². The third-order valence-electron chi connectivity index (χ3n) is 5.45. The Morgan fingerprint density at radius 2 is 1.97 bits per heavy atom. The van der Waals surface area contributed by atoms with Gasteiger partial charge in [-0.15, -0.1) is 11.3 Å². The Labute approximate surface area is 195 Å². The van der Waals surface area contributed by atoms with Crippen LogP contribution in [0.2, 0.25) is 0 Å². The fourth-order valence-corrected chi connectivity index (χ4v) is 4.76. The van der Waals surface area contributed by atoms with Crippen molar-refractivity contribution in [1.29, 1.82) is 0 Å². The molecule has 2 aromatic carbocycles. The molecule has 1 aromatic heterocycles. The minimum atomic E-state index is -0.361. The van der Waals surface area contributed by atoms with Crippen LogP contribution in [0, 0.1) is 5.82 Å². The van der Waals surface area contributed by atoms with Crippen molar-refractivity contribution in [2.75, 3.05) is 20.8 Å². The van der Waals surface area contributed by atoms with Crippen LogP contribution in [0.4, 0.5) is 4.39 Å². The van der Waals surface area contributed by atoms with E-state index in [1.807, 2.05) is 0 Å². The topological polar surface area (TPSA) is 73.9 Å². The first kappa shape index (κ1) is 22.8. The maximum absolute atomic E-state index is 14.3. The summed E-state index contributed by atoms with van der Waals surface area (Å²) in [5, 5.41) is 2.89. The SMILES string of the molecule is COc1ccc(OC)c(CC(=O)NCC2Cc3cc(F)cc(-c4ccc(C(C)=O)s4)c3O2)c1. The first-order chi connectivity index (χ1) is 15.9. The molecule has 1 amide bonds. The molecule has 1 unspecified atom stereocenters. The highest BCUT2D eigenvalue weighted by atomic mass is 32.1. The molecule has 0 spiro atoms. The molecule has 1 N–H and O–H groups in total. The minimum absolute atomic E-state index is 0.0338. The molecule has 172 valence electrons. The summed E-state index contributed by atoms with van der Waals surface area (Å²) >= 11 is 1.31. The van der Waals surface area contributed by atoms with Crippen molar-refractivity contribution in [3.8, 4) is 27.7 Å². The van der Waals surface area contributed by atoms with Crippen molar-refractivity contribution in [2.24, 2.45) is 0 Å². The van der Waals surface area contributed by atoms with Gasteiger partial charge in [0, 0.05) is 28.0 Å². The van der Waals surface area contributed by atoms with Crippen molar-refractivity contribution in [1.82, 2.24) is 5.32 Å². The normalized spacial score (nSPS) is 14.4. The highest BCUT2D eigenvalue weighted by Gasteiger charge is 2.28. The van der Waals surface area contributed by atoms with Gasteiger partial charge in [-0.1, -0.05) is 0 Å². The number of hydrogen-bond acceptors (Lipinski definition) is 6. The summed E-state index contributed by atoms with van der Waals surface area (Å²) in [5.41, 5.74) is 2.09. The number of amides is 1. The summed E-state index contributed by atoms with van der Waals surface area (Å²) in [7, 11) is 3.12. The molecule has 1 atom stereocenters. The Hall–Kier alpha value is -3.39. The number of fused-ring (bicyclic) bond motifs is 1. The first-order valence-corrected chi connectivity index (χ1v) is 11.3. The molecule has 4 rings (SSSR count). The van der Waals surface area contributed by atoms with Gasteiger partial charge in [0.2, 0.25) is 5.91 Å². The number of thiophene rings is 1. The highest BCUT2D eigenvalue weighted by molar-refractivity contribution is 7.17. The van der Waals surface area contributed by atoms with E-state index in [2.05, 4.69) is 5.32 Å². The van der Waals surface area contributed by atoms with Crippen molar-refractivity contribution in [3.63, 3.8) is 0 Å². The molecule has 0 radical (unpaired) electrons. The monoisotopic (exact) mass is 469 g/mol. The van der Waals surface area contributed by atoms with Gasteiger partial charge < -0.3 is 19.5 Å². The Bertz CT molecular complexity index is 1210. The maximum atomic E-state index is 14.3. The van der Waals surface area contributed by atoms with E-state index in [9.17, 15) is 14.0 Å². The molecule has 8 heteroatoms. The quantitative estimate of drug-likeness (QED) is 0.494. The number of ketones is 1. The van der Waals surface area contributed by atoms with Crippen molar-refractivity contribution < 1.29 is 28.2 Å². The predicted molar refractivity (Wildman–Crippen MR) is 124 cm³/mol. The molecule has 2 heterocycles. The number of benzene rings is 2. The van der Waals surface area contributed by atoms with Gasteiger partial charge in [-0.3, -0.25) is 9.59 Å². The van der Waals surface area contributed by atoms with Crippen LogP contribution in [0.15, 0.2) is 42.5 Å². The van der Waals surface area contributed by atoms with Crippen LogP contribution in [0.1, 0.15) is 27.7 Å². The van der Waals surface area contributed by atoms with Crippen LogP contribution < -0.4 is 19.5 Å². The Morgan fingerprint density at radius 1 is 1.15 bits per heavy atom. The lowest BCUT2D eigenvalue weighted by Crippen LogP contribution is -2.35. The number of hydrogen-bond donors (Lipinski definition) is 1. The van der Waals surface area contributed by atoms with Gasteiger partial charge in [-0.05, 0) is 49.4 Å². The van der Waals surface area contributed by atoms with E-state index in [4.69, 9.17) is 14.2 Å². The number of ether oxygens (including phenoxy) is 3. The van der Waals surface area contributed by atoms with Gasteiger partial charge in [0.05, 0.1) is 32.1 Å². The van der Waals surface area contributed by atoms with Crippen molar-refractivity contribution in [3.05, 3.63) is 64.3 Å². The maximum Gasteiger partial charge on any atom is 0.224 e. The molecular weight excluding hydrogens is 445 g/mol. The summed E-state index contributed by atoms with van der Waals surface area (Å²) in [6.07, 6.45) is 0.292. The van der Waals surface area contributed by atoms with Gasteiger partial charge in [-0.2, -0.15) is 0 Å². The molecule has 3 aromatic rings. The lowest BCUT2D eigenvalue weighted by Gasteiger charge is -2.14. The van der Waals surface area contributed by atoms with Crippen LogP contribution in [0.3, 0.4) is 0 Å². The van der Waals surface area contributed by atoms with Crippen LogP contribution in [0.5, 0.6) is 17.2 Å². The molecule has 0 fully saturated rings. The molecule has 0 saturated carbocycles. The van der Waals surface area contributed by atoms with Crippen LogP contribution in [-0.4, -0.2) is 38.6 Å². The molecule has 0 saturated heterocycles. The largest absolute Gasteiger partial charge is 0.497 e. The molecule has 6 nitrogen and oxygen atoms in total. The second-order valence-electron chi connectivity index (χ2n) is 7.76. The van der Waals surface area contributed by atoms with E-state index in [-0.39, 0.29) is 36.6 Å². The molecule has 0 aliphatic carbocycles. The highest BCUT2D eigenvalue weighted by Crippen LogP contribution is 2.42. The summed E-state index contributed by atoms with van der Waals surface area (Å²) < 4.78 is 30.9. The number of rotatable bonds is 8. The smallest absolute Gasteiger partial charge is 0.224 e. The van der Waals surface area contributed by atoms with Gasteiger partial charge >= 0.3 is 0 Å². The van der Waals surface area contributed by atoms with Crippen LogP contribution in [-0.2, 0) is 17.6 Å². The van der Waals surface area contributed by atoms with E-state index in [0.29, 0.717) is 39.7 Å². The van der Waals surface area contributed by atoms with E-state index < -0.39 is 0 Å². The number of carbonyl (C=O) groups excluding carboxylic acids is 2. The summed E-state index contributed by atoms with van der Waals surface area (Å²) in [5.74, 6) is 1.27. The predicted octanol–water partition coefficient (Wildman–Crippen LogP) is 4.44. The summed E-state index contributed by atoms with van der Waals surface area (Å²) in [6, 6.07) is 11.7. The second kappa shape index (κ2) is 9.62. The average Bonchev–Trinajstić information content (AvgIpc) is 3.44. The zero-order valence-corrected chi connectivity index (χ0v) is 19.4. The van der Waals surface area contributed by atoms with Crippen molar-refractivity contribution >= 4 is 23.0 Å². The zero-order chi connectivity index (χ0) is 23.5. The Morgan fingerprint density at radius 3 is 2.67 bits per heavy atom. The number of halogens is 1. The van der Waals surface area contributed by atoms with E-state index in [1.165, 1.54) is 30.4 Å². The van der Waals surface area contributed by atoms with Crippen molar-refractivity contribution in [2.45, 2.75) is 25.9 Å². The van der Waals surface area contributed by atoms with Gasteiger partial charge in [0.1, 0.15) is 29.2 Å². The molecule has 0 bridgehead atoms. The van der Waals surface area contributed by atoms with Gasteiger partial charge in [0.25, 0.3) is 0 Å². The number of carbonyl (C=O) groups is 2. The number of nitrogens with one attached hydrogen (secondary N) is 1. The fourth-order valence-electron chi connectivity index (χ4n) is 3.85. The lowest BCUT2D eigenvalue weighted by atomic mass is 10.0. The minimum Gasteiger partial charge on any atom is -0.497 e. The van der Waals surface area contributed by atoms with E-state index in [1.54, 1.807) is 44.6 Å². The first-order valence-electron chi connectivity index (χ1n) is 10.5. The molecular formula is C25H24FNO5S. The fraction of sp³-hybridized carbons (Fsp3) is 0.280. The van der Waals surface area contributed by atoms with Crippen LogP contribution in [0.25, 0.3) is 10.4 Å². The molecule has 1 aliphatic heterocycles. The Balaban J connectivity index is 1.43. The zero-order valence-electron chi connectivity index (χ0n) is 18.6. The standard InChI is InChI=1S/C25H24FNO5S/c1-14(28)22-6-7-23(33-22)20-12-17(26)8-16-10-19(32-25(16)20)13-27-24(29)11-15-9-18(30-2)4-5-21(15)31-3/h4-9,12,19H,10-11,13H2,1-3H3,(H,27,29). The van der Waals surface area contributed by atoms with Crippen LogP contribution >= 0.6 is 11.3 Å². The molecule has 33 heavy (non-hydrogen) atoms. The average molecular weight is 470 g/mol. The summed E-state index contributed by atoms with van der Waals surface area (Å²) in [6.45, 7) is 1.78.